The Bertz CT molecular complexity index is 1650. The van der Waals surface area contributed by atoms with Gasteiger partial charge in [0.2, 0.25) is 5.91 Å². The minimum absolute atomic E-state index is 0.0150. The fourth-order valence-electron chi connectivity index (χ4n) is 4.51. The Morgan fingerprint density at radius 3 is 2.51 bits per heavy atom. The van der Waals surface area contributed by atoms with Crippen molar-refractivity contribution in [2.45, 2.75) is 39.7 Å². The van der Waals surface area contributed by atoms with Crippen molar-refractivity contribution in [1.29, 1.82) is 0 Å². The normalized spacial score (nSPS) is 13.3. The second kappa shape index (κ2) is 8.23. The van der Waals surface area contributed by atoms with Crippen molar-refractivity contribution in [3.8, 4) is 11.1 Å². The monoisotopic (exact) mass is 473 g/mol. The van der Waals surface area contributed by atoms with Gasteiger partial charge in [-0.2, -0.15) is 0 Å². The molecule has 2 heterocycles. The first kappa shape index (κ1) is 22.6. The summed E-state index contributed by atoms with van der Waals surface area (Å²) in [7, 11) is 0. The van der Waals surface area contributed by atoms with Gasteiger partial charge in [0.15, 0.2) is 5.58 Å². The van der Waals surface area contributed by atoms with Crippen molar-refractivity contribution in [2.24, 2.45) is 5.73 Å². The van der Waals surface area contributed by atoms with Crippen LogP contribution < -0.4 is 22.2 Å². The molecule has 0 atom stereocenters. The third kappa shape index (κ3) is 3.80. The molecule has 2 aromatic heterocycles. The molecule has 35 heavy (non-hydrogen) atoms. The molecule has 0 aliphatic heterocycles. The van der Waals surface area contributed by atoms with E-state index in [2.05, 4.69) is 5.32 Å². The van der Waals surface area contributed by atoms with Crippen molar-refractivity contribution in [3.05, 3.63) is 91.4 Å². The topological polar surface area (TPSA) is 107 Å². The first-order valence-electron chi connectivity index (χ1n) is 11.3. The van der Waals surface area contributed by atoms with Crippen LogP contribution in [-0.2, 0) is 0 Å². The van der Waals surface area contributed by atoms with Crippen LogP contribution in [0.4, 0.5) is 15.8 Å². The predicted octanol–water partition coefficient (Wildman–Crippen LogP) is 4.86. The Hall–Kier alpha value is -4.20. The summed E-state index contributed by atoms with van der Waals surface area (Å²) in [5.74, 6) is -1.10. The number of nitrogens with zero attached hydrogens (tertiary/aromatic N) is 1. The lowest BCUT2D eigenvalue weighted by atomic mass is 9.98. The largest absolute Gasteiger partial charge is 0.421 e. The number of carbonyl (C=O) groups is 1. The molecule has 178 valence electrons. The number of amides is 1. The SMILES string of the molecule is Cc1ccc(Nc2c(C)c(=O)oc3c(-c4cccc(C(N)=O)c4)c(C)n(C4CC4)c(=O)c23)c(F)c1. The molecule has 2 aromatic carbocycles. The minimum Gasteiger partial charge on any atom is -0.421 e. The molecule has 0 unspecified atom stereocenters. The van der Waals surface area contributed by atoms with E-state index in [0.717, 1.165) is 18.4 Å². The van der Waals surface area contributed by atoms with Crippen LogP contribution in [0.3, 0.4) is 0 Å². The number of anilines is 2. The predicted molar refractivity (Wildman–Crippen MR) is 133 cm³/mol. The first-order chi connectivity index (χ1) is 16.7. The third-order valence-corrected chi connectivity index (χ3v) is 6.47. The standard InChI is InChI=1S/C27H24FN3O4/c1-13-7-10-20(19(28)11-13)30-23-14(2)27(34)35-24-21(16-5-4-6-17(12-16)25(29)32)15(3)31(18-8-9-18)26(33)22(23)24/h4-7,10-12,18,30H,8-9H2,1-3H3,(H2,29,32). The lowest BCUT2D eigenvalue weighted by Crippen LogP contribution is -2.25. The molecule has 4 aromatic rings. The van der Waals surface area contributed by atoms with Gasteiger partial charge in [-0.05, 0) is 69.0 Å². The Morgan fingerprint density at radius 1 is 1.11 bits per heavy atom. The van der Waals surface area contributed by atoms with E-state index >= 15 is 0 Å². The number of primary amides is 1. The van der Waals surface area contributed by atoms with E-state index in [0.29, 0.717) is 16.8 Å². The molecule has 0 bridgehead atoms. The molecule has 0 spiro atoms. The van der Waals surface area contributed by atoms with E-state index in [9.17, 15) is 18.8 Å². The van der Waals surface area contributed by atoms with Crippen LogP contribution in [0.15, 0.2) is 56.5 Å². The number of aryl methyl sites for hydroxylation is 1. The zero-order valence-corrected chi connectivity index (χ0v) is 19.6. The van der Waals surface area contributed by atoms with Crippen LogP contribution in [0.2, 0.25) is 0 Å². The number of aromatic nitrogens is 1. The fourth-order valence-corrected chi connectivity index (χ4v) is 4.51. The molecule has 5 rings (SSSR count). The molecule has 7 nitrogen and oxygen atoms in total. The van der Waals surface area contributed by atoms with Gasteiger partial charge in [-0.1, -0.05) is 18.2 Å². The number of fused-ring (bicyclic) bond motifs is 1. The number of nitrogens with one attached hydrogen (secondary N) is 1. The van der Waals surface area contributed by atoms with Gasteiger partial charge in [-0.25, -0.2) is 9.18 Å². The molecule has 1 saturated carbocycles. The Labute approximate surface area is 200 Å². The molecule has 1 aliphatic carbocycles. The summed E-state index contributed by atoms with van der Waals surface area (Å²) >= 11 is 0. The van der Waals surface area contributed by atoms with Gasteiger partial charge in [0, 0.05) is 22.9 Å². The molecule has 0 saturated heterocycles. The summed E-state index contributed by atoms with van der Waals surface area (Å²) in [6.07, 6.45) is 1.69. The third-order valence-electron chi connectivity index (χ3n) is 6.47. The maximum atomic E-state index is 14.7. The van der Waals surface area contributed by atoms with Crippen LogP contribution >= 0.6 is 0 Å². The van der Waals surface area contributed by atoms with Crippen LogP contribution in [0.25, 0.3) is 22.1 Å². The lowest BCUT2D eigenvalue weighted by molar-refractivity contribution is 0.100. The fraction of sp³-hybridized carbons (Fsp3) is 0.222. The van der Waals surface area contributed by atoms with Crippen molar-refractivity contribution in [3.63, 3.8) is 0 Å². The van der Waals surface area contributed by atoms with E-state index in [4.69, 9.17) is 10.2 Å². The highest BCUT2D eigenvalue weighted by atomic mass is 19.1. The molecule has 8 heteroatoms. The van der Waals surface area contributed by atoms with Crippen LogP contribution in [-0.4, -0.2) is 10.5 Å². The molecular weight excluding hydrogens is 449 g/mol. The van der Waals surface area contributed by atoms with E-state index in [1.807, 2.05) is 0 Å². The average Bonchev–Trinajstić information content (AvgIpc) is 3.64. The quantitative estimate of drug-likeness (QED) is 0.430. The van der Waals surface area contributed by atoms with Crippen molar-refractivity contribution < 1.29 is 13.6 Å². The lowest BCUT2D eigenvalue weighted by Gasteiger charge is -2.19. The zero-order valence-electron chi connectivity index (χ0n) is 19.6. The molecule has 1 amide bonds. The second-order valence-corrected chi connectivity index (χ2v) is 9.01. The highest BCUT2D eigenvalue weighted by molar-refractivity contribution is 6.02. The Balaban J connectivity index is 1.89. The zero-order chi connectivity index (χ0) is 25.0. The van der Waals surface area contributed by atoms with Crippen molar-refractivity contribution in [2.75, 3.05) is 5.32 Å². The van der Waals surface area contributed by atoms with E-state index in [1.54, 1.807) is 54.8 Å². The van der Waals surface area contributed by atoms with Gasteiger partial charge in [-0.15, -0.1) is 0 Å². The maximum absolute atomic E-state index is 14.7. The molecule has 1 fully saturated rings. The first-order valence-corrected chi connectivity index (χ1v) is 11.3. The van der Waals surface area contributed by atoms with Crippen LogP contribution in [0, 0.1) is 26.6 Å². The van der Waals surface area contributed by atoms with Gasteiger partial charge in [-0.3, -0.25) is 9.59 Å². The van der Waals surface area contributed by atoms with Gasteiger partial charge in [0.1, 0.15) is 11.2 Å². The maximum Gasteiger partial charge on any atom is 0.341 e. The van der Waals surface area contributed by atoms with E-state index in [1.165, 1.54) is 13.0 Å². The molecule has 3 N–H and O–H groups in total. The molecule has 0 radical (unpaired) electrons. The van der Waals surface area contributed by atoms with Crippen molar-refractivity contribution in [1.82, 2.24) is 4.57 Å². The summed E-state index contributed by atoms with van der Waals surface area (Å²) in [5.41, 5.74) is 7.84. The Kier molecular flexibility index (Phi) is 5.31. The van der Waals surface area contributed by atoms with Crippen molar-refractivity contribution >= 4 is 28.3 Å². The summed E-state index contributed by atoms with van der Waals surface area (Å²) in [4.78, 5) is 38.5. The van der Waals surface area contributed by atoms with Gasteiger partial charge < -0.3 is 20.0 Å². The number of carbonyl (C=O) groups excluding carboxylic acids is 1. The number of rotatable bonds is 5. The number of hydrogen-bond acceptors (Lipinski definition) is 5. The van der Waals surface area contributed by atoms with Gasteiger partial charge >= 0.3 is 5.63 Å². The smallest absolute Gasteiger partial charge is 0.341 e. The minimum atomic E-state index is -0.650. The molecular formula is C27H24FN3O4. The highest BCUT2D eigenvalue weighted by Crippen LogP contribution is 2.40. The summed E-state index contributed by atoms with van der Waals surface area (Å²) in [6.45, 7) is 5.10. The number of hydrogen-bond donors (Lipinski definition) is 2. The number of benzene rings is 2. The van der Waals surface area contributed by atoms with Crippen LogP contribution in [0.5, 0.6) is 0 Å². The van der Waals surface area contributed by atoms with E-state index < -0.39 is 17.3 Å². The Morgan fingerprint density at radius 2 is 1.86 bits per heavy atom. The average molecular weight is 474 g/mol. The highest BCUT2D eigenvalue weighted by Gasteiger charge is 2.31. The summed E-state index contributed by atoms with van der Waals surface area (Å²) in [5, 5.41) is 3.14. The van der Waals surface area contributed by atoms with E-state index in [-0.39, 0.29) is 45.1 Å². The molecule has 1 aliphatic rings. The van der Waals surface area contributed by atoms with Crippen LogP contribution in [0.1, 0.15) is 46.1 Å². The second-order valence-electron chi connectivity index (χ2n) is 9.01. The number of halogens is 1. The number of pyridine rings is 1. The summed E-state index contributed by atoms with van der Waals surface area (Å²) in [6, 6.07) is 11.3. The van der Waals surface area contributed by atoms with Gasteiger partial charge in [0.25, 0.3) is 5.56 Å². The number of nitrogens with two attached hydrogens (primary N) is 1. The summed E-state index contributed by atoms with van der Waals surface area (Å²) < 4.78 is 22.1. The van der Waals surface area contributed by atoms with Gasteiger partial charge in [0.05, 0.1) is 16.9 Å².